The average Bonchev–Trinajstić information content (AvgIpc) is 2.44. The van der Waals surface area contributed by atoms with Gasteiger partial charge in [-0.25, -0.2) is 4.79 Å². The molecule has 5 nitrogen and oxygen atoms in total. The lowest BCUT2D eigenvalue weighted by Crippen LogP contribution is -2.44. The number of aliphatic hydroxyl groups is 1. The van der Waals surface area contributed by atoms with Crippen molar-refractivity contribution in [2.75, 3.05) is 32.8 Å². The van der Waals surface area contributed by atoms with Crippen LogP contribution in [0.2, 0.25) is 0 Å². The van der Waals surface area contributed by atoms with Gasteiger partial charge in [0.1, 0.15) is 0 Å². The third-order valence-corrected chi connectivity index (χ3v) is 4.63. The molecular weight excluding hydrogens is 278 g/mol. The minimum atomic E-state index is -0.131. The van der Waals surface area contributed by atoms with Gasteiger partial charge in [0.05, 0.1) is 0 Å². The molecule has 0 aromatic carbocycles. The van der Waals surface area contributed by atoms with Crippen LogP contribution >= 0.6 is 0 Å². The number of carbonyl (C=O) groups is 1. The van der Waals surface area contributed by atoms with Crippen LogP contribution in [0.25, 0.3) is 0 Å². The highest BCUT2D eigenvalue weighted by atomic mass is 16.3. The summed E-state index contributed by atoms with van der Waals surface area (Å²) in [6.45, 7) is 12.9. The van der Waals surface area contributed by atoms with E-state index in [-0.39, 0.29) is 24.6 Å². The molecule has 0 saturated carbocycles. The molecule has 0 radical (unpaired) electrons. The molecule has 22 heavy (non-hydrogen) atoms. The number of likely N-dealkylation sites (tertiary alicyclic amines) is 1. The highest BCUT2D eigenvalue weighted by Gasteiger charge is 2.21. The van der Waals surface area contributed by atoms with E-state index in [1.54, 1.807) is 0 Å². The standard InChI is InChI=1S/C17H35N3O2/c1-13-9-14(2)11-20(10-13)8-6-5-7-18-17(22)19-16(4)15(3)12-21/h13-16,21H,5-12H2,1-4H3,(H2,18,19,22). The van der Waals surface area contributed by atoms with Crippen molar-refractivity contribution >= 4 is 6.03 Å². The van der Waals surface area contributed by atoms with Gasteiger partial charge in [-0.05, 0) is 50.5 Å². The number of nitrogens with one attached hydrogen (secondary N) is 2. The molecule has 1 aliphatic heterocycles. The Kier molecular flexibility index (Phi) is 8.79. The van der Waals surface area contributed by atoms with Crippen LogP contribution in [-0.2, 0) is 0 Å². The molecule has 1 fully saturated rings. The molecule has 3 N–H and O–H groups in total. The molecule has 1 rings (SSSR count). The molecule has 0 bridgehead atoms. The second-order valence-corrected chi connectivity index (χ2v) is 7.26. The quantitative estimate of drug-likeness (QED) is 0.601. The summed E-state index contributed by atoms with van der Waals surface area (Å²) in [6, 6.07) is -0.144. The van der Waals surface area contributed by atoms with Gasteiger partial charge in [0.2, 0.25) is 0 Å². The van der Waals surface area contributed by atoms with Gasteiger partial charge < -0.3 is 20.6 Å². The maximum atomic E-state index is 11.7. The number of aliphatic hydroxyl groups excluding tert-OH is 1. The lowest BCUT2D eigenvalue weighted by molar-refractivity contribution is 0.139. The van der Waals surface area contributed by atoms with E-state index in [1.807, 2.05) is 13.8 Å². The molecule has 0 aromatic heterocycles. The number of piperidine rings is 1. The number of hydrogen-bond acceptors (Lipinski definition) is 3. The SMILES string of the molecule is CC1CC(C)CN(CCCCNC(=O)NC(C)C(C)CO)C1. The second kappa shape index (κ2) is 10.1. The Bertz CT molecular complexity index is 315. The number of carbonyl (C=O) groups excluding carboxylic acids is 1. The van der Waals surface area contributed by atoms with Crippen LogP contribution in [0.15, 0.2) is 0 Å². The smallest absolute Gasteiger partial charge is 0.315 e. The lowest BCUT2D eigenvalue weighted by Gasteiger charge is -2.34. The Morgan fingerprint density at radius 1 is 1.23 bits per heavy atom. The van der Waals surface area contributed by atoms with Gasteiger partial charge >= 0.3 is 6.03 Å². The number of hydrogen-bond donors (Lipinski definition) is 3. The average molecular weight is 313 g/mol. The van der Waals surface area contributed by atoms with Crippen LogP contribution in [0.1, 0.15) is 47.0 Å². The first-order valence-electron chi connectivity index (χ1n) is 8.80. The molecule has 1 heterocycles. The van der Waals surface area contributed by atoms with Crippen molar-refractivity contribution in [2.24, 2.45) is 17.8 Å². The van der Waals surface area contributed by atoms with Crippen molar-refractivity contribution in [1.82, 2.24) is 15.5 Å². The van der Waals surface area contributed by atoms with E-state index in [1.165, 1.54) is 19.5 Å². The van der Waals surface area contributed by atoms with Gasteiger partial charge in [0.25, 0.3) is 0 Å². The monoisotopic (exact) mass is 313 g/mol. The maximum absolute atomic E-state index is 11.7. The van der Waals surface area contributed by atoms with E-state index >= 15 is 0 Å². The minimum absolute atomic E-state index is 0.0127. The fourth-order valence-corrected chi connectivity index (χ4v) is 3.20. The van der Waals surface area contributed by atoms with Crippen LogP contribution in [-0.4, -0.2) is 54.9 Å². The summed E-state index contributed by atoms with van der Waals surface area (Å²) in [7, 11) is 0. The summed E-state index contributed by atoms with van der Waals surface area (Å²) < 4.78 is 0. The molecule has 130 valence electrons. The normalized spacial score (nSPS) is 25.5. The Hall–Kier alpha value is -0.810. The largest absolute Gasteiger partial charge is 0.396 e. The molecule has 0 aliphatic carbocycles. The molecule has 0 aromatic rings. The summed E-state index contributed by atoms with van der Waals surface area (Å²) >= 11 is 0. The zero-order chi connectivity index (χ0) is 16.5. The van der Waals surface area contributed by atoms with Gasteiger partial charge in [0.15, 0.2) is 0 Å². The number of amides is 2. The van der Waals surface area contributed by atoms with Crippen LogP contribution in [0.5, 0.6) is 0 Å². The van der Waals surface area contributed by atoms with Gasteiger partial charge in [-0.1, -0.05) is 20.8 Å². The summed E-state index contributed by atoms with van der Waals surface area (Å²) in [5.74, 6) is 1.69. The molecule has 2 amide bonds. The lowest BCUT2D eigenvalue weighted by atomic mass is 9.92. The fraction of sp³-hybridized carbons (Fsp3) is 0.941. The van der Waals surface area contributed by atoms with Crippen LogP contribution in [0.4, 0.5) is 4.79 Å². The number of urea groups is 1. The van der Waals surface area contributed by atoms with Crippen molar-refractivity contribution in [2.45, 2.75) is 53.0 Å². The van der Waals surface area contributed by atoms with Crippen LogP contribution in [0, 0.1) is 17.8 Å². The third-order valence-electron chi connectivity index (χ3n) is 4.63. The zero-order valence-electron chi connectivity index (χ0n) is 14.8. The van der Waals surface area contributed by atoms with Gasteiger partial charge in [-0.2, -0.15) is 0 Å². The van der Waals surface area contributed by atoms with Crippen LogP contribution < -0.4 is 10.6 Å². The maximum Gasteiger partial charge on any atom is 0.315 e. The molecule has 4 atom stereocenters. The van der Waals surface area contributed by atoms with Gasteiger partial charge in [0, 0.05) is 32.3 Å². The molecular formula is C17H35N3O2. The molecule has 1 saturated heterocycles. The number of unbranched alkanes of at least 4 members (excludes halogenated alkanes) is 1. The topological polar surface area (TPSA) is 64.6 Å². The van der Waals surface area contributed by atoms with Gasteiger partial charge in [-0.3, -0.25) is 0 Å². The first kappa shape index (κ1) is 19.2. The highest BCUT2D eigenvalue weighted by Crippen LogP contribution is 2.20. The summed E-state index contributed by atoms with van der Waals surface area (Å²) in [4.78, 5) is 14.3. The fourth-order valence-electron chi connectivity index (χ4n) is 3.20. The predicted octanol–water partition coefficient (Wildman–Crippen LogP) is 2.06. The molecule has 0 spiro atoms. The van der Waals surface area contributed by atoms with E-state index in [0.29, 0.717) is 6.54 Å². The second-order valence-electron chi connectivity index (χ2n) is 7.26. The van der Waals surface area contributed by atoms with Crippen LogP contribution in [0.3, 0.4) is 0 Å². The number of rotatable bonds is 8. The van der Waals surface area contributed by atoms with Crippen molar-refractivity contribution < 1.29 is 9.90 Å². The van der Waals surface area contributed by atoms with E-state index in [4.69, 9.17) is 5.11 Å². The Labute approximate surface area is 135 Å². The first-order valence-corrected chi connectivity index (χ1v) is 8.80. The molecule has 5 heteroatoms. The molecule has 4 unspecified atom stereocenters. The van der Waals surface area contributed by atoms with Crippen molar-refractivity contribution in [3.63, 3.8) is 0 Å². The van der Waals surface area contributed by atoms with E-state index in [2.05, 4.69) is 29.4 Å². The highest BCUT2D eigenvalue weighted by molar-refractivity contribution is 5.74. The van der Waals surface area contributed by atoms with Crippen molar-refractivity contribution in [3.8, 4) is 0 Å². The summed E-state index contributed by atoms with van der Waals surface area (Å²) in [6.07, 6.45) is 3.49. The Morgan fingerprint density at radius 3 is 2.45 bits per heavy atom. The van der Waals surface area contributed by atoms with Crippen molar-refractivity contribution in [3.05, 3.63) is 0 Å². The van der Waals surface area contributed by atoms with E-state index < -0.39 is 0 Å². The molecule has 1 aliphatic rings. The Morgan fingerprint density at radius 2 is 1.86 bits per heavy atom. The zero-order valence-corrected chi connectivity index (χ0v) is 14.8. The van der Waals surface area contributed by atoms with E-state index in [0.717, 1.165) is 31.2 Å². The summed E-state index contributed by atoms with van der Waals surface area (Å²) in [5.41, 5.74) is 0. The minimum Gasteiger partial charge on any atom is -0.396 e. The predicted molar refractivity (Wildman–Crippen MR) is 90.9 cm³/mol. The third kappa shape index (κ3) is 7.45. The number of nitrogens with zero attached hydrogens (tertiary/aromatic N) is 1. The Balaban J connectivity index is 2.06. The van der Waals surface area contributed by atoms with Gasteiger partial charge in [-0.15, -0.1) is 0 Å². The summed E-state index contributed by atoms with van der Waals surface area (Å²) in [5, 5.41) is 14.8. The van der Waals surface area contributed by atoms with Crippen molar-refractivity contribution in [1.29, 1.82) is 0 Å². The van der Waals surface area contributed by atoms with E-state index in [9.17, 15) is 4.79 Å². The first-order chi connectivity index (χ1) is 10.4.